The molecule has 0 saturated carbocycles. The second kappa shape index (κ2) is 9.66. The number of carbonyl (C=O) groups excluding carboxylic acids is 3. The van der Waals surface area contributed by atoms with Crippen LogP contribution < -0.4 is 5.32 Å². The summed E-state index contributed by atoms with van der Waals surface area (Å²) >= 11 is 0.900. The SMILES string of the molecule is CCCCOC(=O)N1C[C@@H](F)C[C@H](NC(=O)CSC(C)=O)C1. The maximum Gasteiger partial charge on any atom is 0.409 e. The van der Waals surface area contributed by atoms with Crippen molar-refractivity contribution in [3.8, 4) is 0 Å². The summed E-state index contributed by atoms with van der Waals surface area (Å²) in [5.41, 5.74) is 0. The van der Waals surface area contributed by atoms with Gasteiger partial charge in [-0.05, 0) is 6.42 Å². The number of carbonyl (C=O) groups is 3. The third kappa shape index (κ3) is 7.11. The molecule has 1 N–H and O–H groups in total. The quantitative estimate of drug-likeness (QED) is 0.749. The highest BCUT2D eigenvalue weighted by Gasteiger charge is 2.31. The Labute approximate surface area is 134 Å². The van der Waals surface area contributed by atoms with Crippen LogP contribution in [0.5, 0.6) is 0 Å². The van der Waals surface area contributed by atoms with Crippen LogP contribution in [0.4, 0.5) is 9.18 Å². The average molecular weight is 334 g/mol. The van der Waals surface area contributed by atoms with Crippen molar-refractivity contribution in [3.05, 3.63) is 0 Å². The van der Waals surface area contributed by atoms with E-state index in [0.29, 0.717) is 6.61 Å². The molecule has 0 aromatic heterocycles. The van der Waals surface area contributed by atoms with Crippen molar-refractivity contribution in [2.24, 2.45) is 0 Å². The number of nitrogens with zero attached hydrogens (tertiary/aromatic N) is 1. The predicted octanol–water partition coefficient (Wildman–Crippen LogP) is 1.73. The van der Waals surface area contributed by atoms with E-state index in [4.69, 9.17) is 4.74 Å². The van der Waals surface area contributed by atoms with E-state index in [1.54, 1.807) is 0 Å². The van der Waals surface area contributed by atoms with Crippen molar-refractivity contribution < 1.29 is 23.5 Å². The van der Waals surface area contributed by atoms with Gasteiger partial charge in [-0.25, -0.2) is 9.18 Å². The number of amides is 2. The van der Waals surface area contributed by atoms with Crippen LogP contribution in [0.2, 0.25) is 0 Å². The minimum absolute atomic E-state index is 0.00370. The van der Waals surface area contributed by atoms with Crippen molar-refractivity contribution >= 4 is 28.9 Å². The van der Waals surface area contributed by atoms with E-state index in [1.165, 1.54) is 11.8 Å². The van der Waals surface area contributed by atoms with Gasteiger partial charge in [-0.2, -0.15) is 0 Å². The zero-order chi connectivity index (χ0) is 16.5. The van der Waals surface area contributed by atoms with Crippen molar-refractivity contribution in [2.45, 2.75) is 45.3 Å². The van der Waals surface area contributed by atoms with Gasteiger partial charge in [0.1, 0.15) is 6.17 Å². The molecule has 8 heteroatoms. The lowest BCUT2D eigenvalue weighted by Crippen LogP contribution is -2.53. The molecule has 0 unspecified atom stereocenters. The van der Waals surface area contributed by atoms with Crippen LogP contribution in [0.15, 0.2) is 0 Å². The highest BCUT2D eigenvalue weighted by Crippen LogP contribution is 2.15. The van der Waals surface area contributed by atoms with Crippen molar-refractivity contribution in [1.82, 2.24) is 10.2 Å². The first-order valence-corrected chi connectivity index (χ1v) is 8.39. The van der Waals surface area contributed by atoms with Gasteiger partial charge in [0.2, 0.25) is 5.91 Å². The van der Waals surface area contributed by atoms with Gasteiger partial charge in [0.25, 0.3) is 0 Å². The molecule has 1 rings (SSSR count). The van der Waals surface area contributed by atoms with Gasteiger partial charge in [0, 0.05) is 25.9 Å². The van der Waals surface area contributed by atoms with Crippen LogP contribution in [0, 0.1) is 0 Å². The van der Waals surface area contributed by atoms with Gasteiger partial charge >= 0.3 is 6.09 Å². The fourth-order valence-electron chi connectivity index (χ4n) is 2.12. The molecule has 0 aromatic rings. The largest absolute Gasteiger partial charge is 0.449 e. The molecule has 0 spiro atoms. The zero-order valence-corrected chi connectivity index (χ0v) is 13.8. The summed E-state index contributed by atoms with van der Waals surface area (Å²) in [4.78, 5) is 35.6. The molecule has 1 saturated heterocycles. The molecule has 0 radical (unpaired) electrons. The Morgan fingerprint density at radius 1 is 1.36 bits per heavy atom. The molecule has 6 nitrogen and oxygen atoms in total. The van der Waals surface area contributed by atoms with Crippen LogP contribution in [0.3, 0.4) is 0 Å². The Kier molecular flexibility index (Phi) is 8.22. The Balaban J connectivity index is 2.43. The second-order valence-corrected chi connectivity index (χ2v) is 6.40. The van der Waals surface area contributed by atoms with E-state index in [2.05, 4.69) is 5.32 Å². The maximum atomic E-state index is 13.7. The molecular weight excluding hydrogens is 311 g/mol. The van der Waals surface area contributed by atoms with E-state index in [1.807, 2.05) is 6.92 Å². The first-order chi connectivity index (χ1) is 10.4. The van der Waals surface area contributed by atoms with E-state index in [0.717, 1.165) is 24.6 Å². The molecule has 2 atom stereocenters. The molecule has 1 fully saturated rings. The summed E-state index contributed by atoms with van der Waals surface area (Å²) in [5.74, 6) is -0.331. The van der Waals surface area contributed by atoms with Gasteiger partial charge in [0.15, 0.2) is 5.12 Å². The lowest BCUT2D eigenvalue weighted by molar-refractivity contribution is -0.120. The highest BCUT2D eigenvalue weighted by atomic mass is 32.2. The first kappa shape index (κ1) is 18.7. The fraction of sp³-hybridized carbons (Fsp3) is 0.786. The van der Waals surface area contributed by atoms with Crippen LogP contribution >= 0.6 is 11.8 Å². The van der Waals surface area contributed by atoms with Gasteiger partial charge in [-0.3, -0.25) is 9.59 Å². The standard InChI is InChI=1S/C14H23FN2O4S/c1-3-4-5-21-14(20)17-7-11(15)6-12(8-17)16-13(19)9-22-10(2)18/h11-12H,3-9H2,1-2H3,(H,16,19)/t11-,12-/m0/s1. The number of thioether (sulfide) groups is 1. The lowest BCUT2D eigenvalue weighted by atomic mass is 10.0. The number of halogens is 1. The normalized spacial score (nSPS) is 21.3. The smallest absolute Gasteiger partial charge is 0.409 e. The first-order valence-electron chi connectivity index (χ1n) is 7.40. The molecular formula is C14H23FN2O4S. The number of piperidine rings is 1. The summed E-state index contributed by atoms with van der Waals surface area (Å²) in [6.07, 6.45) is 0.0910. The van der Waals surface area contributed by atoms with E-state index in [9.17, 15) is 18.8 Å². The van der Waals surface area contributed by atoms with Crippen molar-refractivity contribution in [2.75, 3.05) is 25.4 Å². The van der Waals surface area contributed by atoms with Gasteiger partial charge in [-0.15, -0.1) is 0 Å². The van der Waals surface area contributed by atoms with E-state index in [-0.39, 0.29) is 36.3 Å². The van der Waals surface area contributed by atoms with E-state index < -0.39 is 18.3 Å². The third-order valence-corrected chi connectivity index (χ3v) is 3.97. The second-order valence-electron chi connectivity index (χ2n) is 5.25. The molecule has 0 aromatic carbocycles. The fourth-order valence-corrected chi connectivity index (χ4v) is 2.54. The topological polar surface area (TPSA) is 75.7 Å². The molecule has 0 bridgehead atoms. The minimum Gasteiger partial charge on any atom is -0.449 e. The number of rotatable bonds is 6. The van der Waals surface area contributed by atoms with Gasteiger partial charge in [0.05, 0.1) is 18.9 Å². The predicted molar refractivity (Wildman–Crippen MR) is 82.4 cm³/mol. The Hall–Kier alpha value is -1.31. The molecule has 0 aliphatic carbocycles. The summed E-state index contributed by atoms with van der Waals surface area (Å²) in [7, 11) is 0. The molecule has 22 heavy (non-hydrogen) atoms. The summed E-state index contributed by atoms with van der Waals surface area (Å²) in [6.45, 7) is 3.89. The number of hydrogen-bond acceptors (Lipinski definition) is 5. The van der Waals surface area contributed by atoms with Crippen molar-refractivity contribution in [1.29, 1.82) is 0 Å². The Morgan fingerprint density at radius 3 is 2.73 bits per heavy atom. The van der Waals surface area contributed by atoms with Crippen LogP contribution in [0.25, 0.3) is 0 Å². The molecule has 1 aliphatic rings. The number of ether oxygens (including phenoxy) is 1. The molecule has 2 amide bonds. The minimum atomic E-state index is -1.20. The summed E-state index contributed by atoms with van der Waals surface area (Å²) < 4.78 is 18.8. The number of likely N-dealkylation sites (tertiary alicyclic amines) is 1. The van der Waals surface area contributed by atoms with Crippen LogP contribution in [-0.4, -0.2) is 59.7 Å². The van der Waals surface area contributed by atoms with Crippen LogP contribution in [-0.2, 0) is 14.3 Å². The van der Waals surface area contributed by atoms with E-state index >= 15 is 0 Å². The number of nitrogens with one attached hydrogen (secondary N) is 1. The maximum absolute atomic E-state index is 13.7. The Morgan fingerprint density at radius 2 is 2.09 bits per heavy atom. The van der Waals surface area contributed by atoms with Crippen molar-refractivity contribution in [3.63, 3.8) is 0 Å². The molecule has 126 valence electrons. The third-order valence-electron chi connectivity index (χ3n) is 3.15. The number of hydrogen-bond donors (Lipinski definition) is 1. The lowest BCUT2D eigenvalue weighted by Gasteiger charge is -2.34. The zero-order valence-electron chi connectivity index (χ0n) is 13.0. The van der Waals surface area contributed by atoms with Gasteiger partial charge in [-0.1, -0.05) is 25.1 Å². The number of unbranched alkanes of at least 4 members (excludes halogenated alkanes) is 1. The monoisotopic (exact) mass is 334 g/mol. The molecule has 1 aliphatic heterocycles. The summed E-state index contributed by atoms with van der Waals surface area (Å²) in [6, 6.07) is -0.456. The van der Waals surface area contributed by atoms with Gasteiger partial charge < -0.3 is 15.0 Å². The highest BCUT2D eigenvalue weighted by molar-refractivity contribution is 8.14. The summed E-state index contributed by atoms with van der Waals surface area (Å²) in [5, 5.41) is 2.51. The number of alkyl halides is 1. The Bertz CT molecular complexity index is 408. The molecule has 1 heterocycles. The average Bonchev–Trinajstić information content (AvgIpc) is 2.44. The van der Waals surface area contributed by atoms with Crippen LogP contribution in [0.1, 0.15) is 33.1 Å².